The van der Waals surface area contributed by atoms with Crippen LogP contribution in [0.4, 0.5) is 0 Å². The minimum absolute atomic E-state index is 0.0306. The summed E-state index contributed by atoms with van der Waals surface area (Å²) >= 11 is 1.68. The lowest BCUT2D eigenvalue weighted by Crippen LogP contribution is -2.51. The lowest BCUT2D eigenvalue weighted by molar-refractivity contribution is -0.132. The third kappa shape index (κ3) is 3.00. The van der Waals surface area contributed by atoms with Gasteiger partial charge in [-0.25, -0.2) is 0 Å². The summed E-state index contributed by atoms with van der Waals surface area (Å²) in [5.41, 5.74) is 6.11. The average molecular weight is 280 g/mol. The molecule has 0 saturated heterocycles. The van der Waals surface area contributed by atoms with Crippen LogP contribution in [-0.2, 0) is 11.3 Å². The van der Waals surface area contributed by atoms with Gasteiger partial charge < -0.3 is 11.1 Å². The van der Waals surface area contributed by atoms with Gasteiger partial charge in [0.15, 0.2) is 0 Å². The van der Waals surface area contributed by atoms with E-state index in [0.29, 0.717) is 12.5 Å². The van der Waals surface area contributed by atoms with E-state index in [1.165, 1.54) is 4.88 Å². The van der Waals surface area contributed by atoms with Gasteiger partial charge in [-0.05, 0) is 35.6 Å². The second kappa shape index (κ2) is 5.63. The Bertz CT molecular complexity index is 427. The third-order valence-corrected chi connectivity index (χ3v) is 5.71. The van der Waals surface area contributed by atoms with Crippen LogP contribution in [0.2, 0.25) is 0 Å². The number of thiophene rings is 1. The zero-order chi connectivity index (χ0) is 14.0. The first-order valence-electron chi connectivity index (χ1n) is 6.98. The molecule has 1 aliphatic rings. The fraction of sp³-hybridized carbons (Fsp3) is 0.667. The summed E-state index contributed by atoms with van der Waals surface area (Å²) < 4.78 is 0. The molecular formula is C15H24N2OS. The van der Waals surface area contributed by atoms with Crippen molar-refractivity contribution in [2.75, 3.05) is 0 Å². The Morgan fingerprint density at radius 3 is 2.89 bits per heavy atom. The highest BCUT2D eigenvalue weighted by Crippen LogP contribution is 2.44. The van der Waals surface area contributed by atoms with Crippen molar-refractivity contribution in [3.05, 3.63) is 22.4 Å². The summed E-state index contributed by atoms with van der Waals surface area (Å²) in [7, 11) is 0. The maximum Gasteiger partial charge on any atom is 0.223 e. The molecule has 0 aliphatic heterocycles. The van der Waals surface area contributed by atoms with E-state index in [2.05, 4.69) is 32.2 Å². The maximum absolute atomic E-state index is 12.4. The Kier molecular flexibility index (Phi) is 4.31. The van der Waals surface area contributed by atoms with Gasteiger partial charge in [0.25, 0.3) is 0 Å². The molecule has 1 saturated carbocycles. The van der Waals surface area contributed by atoms with Gasteiger partial charge in [0.05, 0.1) is 6.54 Å². The van der Waals surface area contributed by atoms with Crippen molar-refractivity contribution >= 4 is 17.2 Å². The van der Waals surface area contributed by atoms with E-state index in [1.54, 1.807) is 11.3 Å². The van der Waals surface area contributed by atoms with E-state index >= 15 is 0 Å². The Morgan fingerprint density at radius 1 is 1.53 bits per heavy atom. The predicted molar refractivity (Wildman–Crippen MR) is 79.8 cm³/mol. The van der Waals surface area contributed by atoms with Crippen LogP contribution in [0, 0.1) is 17.3 Å². The summed E-state index contributed by atoms with van der Waals surface area (Å²) in [4.78, 5) is 13.6. The van der Waals surface area contributed by atoms with Crippen LogP contribution in [0.1, 0.15) is 38.5 Å². The van der Waals surface area contributed by atoms with Crippen LogP contribution in [-0.4, -0.2) is 11.9 Å². The SMILES string of the molecule is CC1C(N)CCC(C(=O)NCc2cccs2)C1(C)C. The Balaban J connectivity index is 1.98. The highest BCUT2D eigenvalue weighted by Gasteiger charge is 2.44. The van der Waals surface area contributed by atoms with E-state index in [-0.39, 0.29) is 23.3 Å². The molecule has 0 radical (unpaired) electrons. The lowest BCUT2D eigenvalue weighted by Gasteiger charge is -2.46. The van der Waals surface area contributed by atoms with E-state index < -0.39 is 0 Å². The number of nitrogens with two attached hydrogens (primary N) is 1. The Labute approximate surface area is 119 Å². The monoisotopic (exact) mass is 280 g/mol. The molecule has 0 spiro atoms. The first-order chi connectivity index (χ1) is 8.93. The zero-order valence-electron chi connectivity index (χ0n) is 12.0. The van der Waals surface area contributed by atoms with Gasteiger partial charge in [-0.3, -0.25) is 4.79 Å². The van der Waals surface area contributed by atoms with Gasteiger partial charge >= 0.3 is 0 Å². The van der Waals surface area contributed by atoms with Crippen LogP contribution in [0.15, 0.2) is 17.5 Å². The van der Waals surface area contributed by atoms with Gasteiger partial charge in [-0.1, -0.05) is 26.8 Å². The van der Waals surface area contributed by atoms with Crippen molar-refractivity contribution in [1.29, 1.82) is 0 Å². The molecule has 3 nitrogen and oxygen atoms in total. The van der Waals surface area contributed by atoms with E-state index in [1.807, 2.05) is 11.4 Å². The fourth-order valence-corrected chi connectivity index (χ4v) is 3.67. The molecule has 1 aromatic heterocycles. The van der Waals surface area contributed by atoms with Crippen molar-refractivity contribution in [2.24, 2.45) is 23.0 Å². The number of hydrogen-bond donors (Lipinski definition) is 2. The molecule has 1 amide bonds. The van der Waals surface area contributed by atoms with Crippen molar-refractivity contribution in [2.45, 2.75) is 46.2 Å². The van der Waals surface area contributed by atoms with Gasteiger partial charge in [-0.15, -0.1) is 11.3 Å². The summed E-state index contributed by atoms with van der Waals surface area (Å²) in [6.07, 6.45) is 1.84. The van der Waals surface area contributed by atoms with Gasteiger partial charge in [-0.2, -0.15) is 0 Å². The first kappa shape index (κ1) is 14.5. The lowest BCUT2D eigenvalue weighted by atomic mass is 9.61. The zero-order valence-corrected chi connectivity index (χ0v) is 12.8. The fourth-order valence-electron chi connectivity index (χ4n) is 3.03. The molecule has 3 unspecified atom stereocenters. The summed E-state index contributed by atoms with van der Waals surface area (Å²) in [6.45, 7) is 7.16. The highest BCUT2D eigenvalue weighted by atomic mass is 32.1. The number of rotatable bonds is 3. The molecule has 1 fully saturated rings. The van der Waals surface area contributed by atoms with Crippen molar-refractivity contribution in [3.8, 4) is 0 Å². The molecule has 0 aromatic carbocycles. The minimum Gasteiger partial charge on any atom is -0.351 e. The second-order valence-corrected chi connectivity index (χ2v) is 7.23. The van der Waals surface area contributed by atoms with Crippen molar-refractivity contribution < 1.29 is 4.79 Å². The van der Waals surface area contributed by atoms with Crippen LogP contribution < -0.4 is 11.1 Å². The number of nitrogens with one attached hydrogen (secondary N) is 1. The first-order valence-corrected chi connectivity index (χ1v) is 7.86. The molecule has 106 valence electrons. The smallest absolute Gasteiger partial charge is 0.223 e. The number of carbonyl (C=O) groups excluding carboxylic acids is 1. The van der Waals surface area contributed by atoms with E-state index in [4.69, 9.17) is 5.73 Å². The second-order valence-electron chi connectivity index (χ2n) is 6.20. The molecule has 3 atom stereocenters. The molecule has 1 aliphatic carbocycles. The largest absolute Gasteiger partial charge is 0.351 e. The summed E-state index contributed by atoms with van der Waals surface area (Å²) in [5.74, 6) is 0.623. The molecule has 0 bridgehead atoms. The number of hydrogen-bond acceptors (Lipinski definition) is 3. The van der Waals surface area contributed by atoms with Gasteiger partial charge in [0.1, 0.15) is 0 Å². The van der Waals surface area contributed by atoms with Crippen LogP contribution >= 0.6 is 11.3 Å². The van der Waals surface area contributed by atoms with Crippen LogP contribution in [0.3, 0.4) is 0 Å². The number of carbonyl (C=O) groups is 1. The molecule has 2 rings (SSSR count). The minimum atomic E-state index is -0.0306. The quantitative estimate of drug-likeness (QED) is 0.894. The van der Waals surface area contributed by atoms with Crippen LogP contribution in [0.25, 0.3) is 0 Å². The average Bonchev–Trinajstić information content (AvgIpc) is 2.86. The molecule has 1 heterocycles. The molecule has 3 N–H and O–H groups in total. The Hall–Kier alpha value is -0.870. The molecule has 1 aromatic rings. The molecule has 19 heavy (non-hydrogen) atoms. The Morgan fingerprint density at radius 2 is 2.26 bits per heavy atom. The van der Waals surface area contributed by atoms with Crippen molar-refractivity contribution in [3.63, 3.8) is 0 Å². The maximum atomic E-state index is 12.4. The standard InChI is InChI=1S/C15H24N2OS/c1-10-13(16)7-6-12(15(10,2)3)14(18)17-9-11-5-4-8-19-11/h4-5,8,10,12-13H,6-7,9,16H2,1-3H3,(H,17,18). The summed E-state index contributed by atoms with van der Waals surface area (Å²) in [5, 5.41) is 5.11. The normalized spacial score (nSPS) is 30.0. The molecule has 4 heteroatoms. The van der Waals surface area contributed by atoms with E-state index in [9.17, 15) is 4.79 Å². The summed E-state index contributed by atoms with van der Waals surface area (Å²) in [6, 6.07) is 4.28. The van der Waals surface area contributed by atoms with E-state index in [0.717, 1.165) is 12.8 Å². The molecular weight excluding hydrogens is 256 g/mol. The van der Waals surface area contributed by atoms with Gasteiger partial charge in [0.2, 0.25) is 5.91 Å². The van der Waals surface area contributed by atoms with Crippen LogP contribution in [0.5, 0.6) is 0 Å². The van der Waals surface area contributed by atoms with Crippen molar-refractivity contribution in [1.82, 2.24) is 5.32 Å². The third-order valence-electron chi connectivity index (χ3n) is 4.84. The number of amides is 1. The predicted octanol–water partition coefficient (Wildman–Crippen LogP) is 2.76. The highest BCUT2D eigenvalue weighted by molar-refractivity contribution is 7.09. The topological polar surface area (TPSA) is 55.1 Å². The van der Waals surface area contributed by atoms with Gasteiger partial charge in [0, 0.05) is 16.8 Å².